The fourth-order valence-corrected chi connectivity index (χ4v) is 2.56. The first kappa shape index (κ1) is 12.2. The number of pyridine rings is 1. The molecule has 1 aliphatic rings. The first-order chi connectivity index (χ1) is 9.33. The number of aromatic nitrogens is 3. The summed E-state index contributed by atoms with van der Waals surface area (Å²) < 4.78 is 0. The number of hydrogen-bond donors (Lipinski definition) is 1. The van der Waals surface area contributed by atoms with Gasteiger partial charge in [0.25, 0.3) is 0 Å². The number of nitrogens with zero attached hydrogens (tertiary/aromatic N) is 3. The molecule has 19 heavy (non-hydrogen) atoms. The molecule has 3 rings (SSSR count). The van der Waals surface area contributed by atoms with Crippen molar-refractivity contribution in [2.45, 2.75) is 38.1 Å². The quantitative estimate of drug-likeness (QED) is 0.834. The van der Waals surface area contributed by atoms with Crippen LogP contribution >= 0.6 is 0 Å². The van der Waals surface area contributed by atoms with Crippen molar-refractivity contribution >= 4 is 0 Å². The third kappa shape index (κ3) is 2.79. The van der Waals surface area contributed by atoms with Crippen molar-refractivity contribution in [2.75, 3.05) is 0 Å². The topological polar surface area (TPSA) is 64.7 Å². The highest BCUT2D eigenvalue weighted by atomic mass is 14.9. The number of fused-ring (bicyclic) bond motifs is 1. The maximum Gasteiger partial charge on any atom is 0.132 e. The summed E-state index contributed by atoms with van der Waals surface area (Å²) in [6, 6.07) is 4.11. The summed E-state index contributed by atoms with van der Waals surface area (Å²) in [6.45, 7) is 0. The highest BCUT2D eigenvalue weighted by molar-refractivity contribution is 5.24. The molecule has 4 nitrogen and oxygen atoms in total. The molecule has 0 amide bonds. The molecule has 2 aromatic rings. The van der Waals surface area contributed by atoms with Crippen LogP contribution in [0, 0.1) is 0 Å². The van der Waals surface area contributed by atoms with E-state index in [1.165, 1.54) is 18.4 Å². The van der Waals surface area contributed by atoms with Crippen LogP contribution in [0.15, 0.2) is 30.7 Å². The van der Waals surface area contributed by atoms with Crippen LogP contribution in [-0.2, 0) is 12.8 Å². The monoisotopic (exact) mass is 254 g/mol. The van der Waals surface area contributed by atoms with Crippen molar-refractivity contribution in [1.82, 2.24) is 15.0 Å². The fourth-order valence-electron chi connectivity index (χ4n) is 2.56. The van der Waals surface area contributed by atoms with E-state index in [1.807, 2.05) is 18.3 Å². The van der Waals surface area contributed by atoms with Gasteiger partial charge in [-0.2, -0.15) is 0 Å². The first-order valence-electron chi connectivity index (χ1n) is 6.82. The molecule has 1 atom stereocenters. The second-order valence-corrected chi connectivity index (χ2v) is 5.07. The van der Waals surface area contributed by atoms with Gasteiger partial charge >= 0.3 is 0 Å². The number of nitrogens with two attached hydrogens (primary N) is 1. The van der Waals surface area contributed by atoms with Crippen molar-refractivity contribution in [3.8, 4) is 0 Å². The Labute approximate surface area is 113 Å². The normalized spacial score (nSPS) is 18.7. The molecule has 0 saturated carbocycles. The lowest BCUT2D eigenvalue weighted by Gasteiger charge is -2.12. The molecule has 0 bridgehead atoms. The van der Waals surface area contributed by atoms with Crippen molar-refractivity contribution in [1.29, 1.82) is 0 Å². The maximum atomic E-state index is 6.16. The zero-order chi connectivity index (χ0) is 13.1. The van der Waals surface area contributed by atoms with Gasteiger partial charge in [0.2, 0.25) is 0 Å². The minimum atomic E-state index is 0.104. The zero-order valence-corrected chi connectivity index (χ0v) is 10.9. The van der Waals surface area contributed by atoms with Crippen molar-refractivity contribution in [3.05, 3.63) is 53.4 Å². The fraction of sp³-hybridized carbons (Fsp3) is 0.400. The van der Waals surface area contributed by atoms with E-state index in [0.29, 0.717) is 0 Å². The number of aryl methyl sites for hydroxylation is 1. The molecular weight excluding hydrogens is 236 g/mol. The minimum Gasteiger partial charge on any atom is -0.324 e. The Kier molecular flexibility index (Phi) is 3.51. The second kappa shape index (κ2) is 5.45. The van der Waals surface area contributed by atoms with E-state index in [4.69, 9.17) is 10.7 Å². The van der Waals surface area contributed by atoms with Crippen LogP contribution in [0.2, 0.25) is 0 Å². The van der Waals surface area contributed by atoms with Gasteiger partial charge in [0.15, 0.2) is 0 Å². The highest BCUT2D eigenvalue weighted by Gasteiger charge is 2.17. The second-order valence-electron chi connectivity index (χ2n) is 5.07. The molecule has 0 saturated heterocycles. The Balaban J connectivity index is 1.87. The summed E-state index contributed by atoms with van der Waals surface area (Å²) >= 11 is 0. The van der Waals surface area contributed by atoms with E-state index in [0.717, 1.165) is 36.3 Å². The van der Waals surface area contributed by atoms with E-state index < -0.39 is 0 Å². The lowest BCUT2D eigenvalue weighted by Crippen LogP contribution is -2.13. The van der Waals surface area contributed by atoms with E-state index in [1.54, 1.807) is 12.4 Å². The molecule has 98 valence electrons. The molecule has 0 spiro atoms. The first-order valence-corrected chi connectivity index (χ1v) is 6.82. The van der Waals surface area contributed by atoms with Crippen LogP contribution in [-0.4, -0.2) is 15.0 Å². The van der Waals surface area contributed by atoms with Gasteiger partial charge in [-0.15, -0.1) is 0 Å². The molecule has 0 aliphatic heterocycles. The van der Waals surface area contributed by atoms with E-state index in [-0.39, 0.29) is 6.04 Å². The van der Waals surface area contributed by atoms with Crippen LogP contribution in [0.4, 0.5) is 0 Å². The standard InChI is InChI=1S/C15H18N4/c16-13-3-1-2-4-14-12(13)10-18-15(19-14)9-11-5-7-17-8-6-11/h5-8,10,13H,1-4,9,16H2. The Hall–Kier alpha value is -1.81. The molecular formula is C15H18N4. The van der Waals surface area contributed by atoms with Crippen LogP contribution in [0.1, 0.15) is 47.9 Å². The predicted octanol–water partition coefficient (Wildman–Crippen LogP) is 2.19. The summed E-state index contributed by atoms with van der Waals surface area (Å²) in [5.41, 5.74) is 9.63. The molecule has 1 unspecified atom stereocenters. The van der Waals surface area contributed by atoms with Crippen molar-refractivity contribution in [2.24, 2.45) is 5.73 Å². The molecule has 1 aliphatic carbocycles. The van der Waals surface area contributed by atoms with Gasteiger partial charge in [-0.05, 0) is 37.0 Å². The lowest BCUT2D eigenvalue weighted by molar-refractivity contribution is 0.614. The average Bonchev–Trinajstić information content (AvgIpc) is 2.62. The van der Waals surface area contributed by atoms with E-state index >= 15 is 0 Å². The third-order valence-corrected chi connectivity index (χ3v) is 3.64. The van der Waals surface area contributed by atoms with Gasteiger partial charge in [0.05, 0.1) is 0 Å². The molecule has 2 heterocycles. The van der Waals surface area contributed by atoms with Gasteiger partial charge in [-0.25, -0.2) is 9.97 Å². The summed E-state index contributed by atoms with van der Waals surface area (Å²) in [7, 11) is 0. The summed E-state index contributed by atoms with van der Waals surface area (Å²) in [5, 5.41) is 0. The molecule has 2 aromatic heterocycles. The van der Waals surface area contributed by atoms with Gasteiger partial charge in [0.1, 0.15) is 5.82 Å². The van der Waals surface area contributed by atoms with Crippen LogP contribution < -0.4 is 5.73 Å². The largest absolute Gasteiger partial charge is 0.324 e. The third-order valence-electron chi connectivity index (χ3n) is 3.64. The Morgan fingerprint density at radius 2 is 2.05 bits per heavy atom. The zero-order valence-electron chi connectivity index (χ0n) is 10.9. The molecule has 4 heteroatoms. The van der Waals surface area contributed by atoms with Crippen molar-refractivity contribution < 1.29 is 0 Å². The molecule has 0 fully saturated rings. The molecule has 0 aromatic carbocycles. The summed E-state index contributed by atoms with van der Waals surface area (Å²) in [4.78, 5) is 13.2. The van der Waals surface area contributed by atoms with Crippen LogP contribution in [0.3, 0.4) is 0 Å². The summed E-state index contributed by atoms with van der Waals surface area (Å²) in [5.74, 6) is 0.874. The molecule has 2 N–H and O–H groups in total. The summed E-state index contributed by atoms with van der Waals surface area (Å²) in [6.07, 6.45) is 10.7. The predicted molar refractivity (Wildman–Crippen MR) is 73.6 cm³/mol. The Bertz CT molecular complexity index is 553. The van der Waals surface area contributed by atoms with Gasteiger partial charge in [0, 0.05) is 42.3 Å². The van der Waals surface area contributed by atoms with E-state index in [9.17, 15) is 0 Å². The minimum absolute atomic E-state index is 0.104. The molecule has 0 radical (unpaired) electrons. The highest BCUT2D eigenvalue weighted by Crippen LogP contribution is 2.25. The van der Waals surface area contributed by atoms with E-state index in [2.05, 4.69) is 9.97 Å². The number of hydrogen-bond acceptors (Lipinski definition) is 4. The van der Waals surface area contributed by atoms with Gasteiger partial charge < -0.3 is 5.73 Å². The Morgan fingerprint density at radius 1 is 1.21 bits per heavy atom. The smallest absolute Gasteiger partial charge is 0.132 e. The average molecular weight is 254 g/mol. The maximum absolute atomic E-state index is 6.16. The van der Waals surface area contributed by atoms with Gasteiger partial charge in [-0.1, -0.05) is 6.42 Å². The SMILES string of the molecule is NC1CCCCc2nc(Cc3ccncc3)ncc21. The number of rotatable bonds is 2. The lowest BCUT2D eigenvalue weighted by atomic mass is 10.1. The van der Waals surface area contributed by atoms with Crippen LogP contribution in [0.5, 0.6) is 0 Å². The van der Waals surface area contributed by atoms with Crippen molar-refractivity contribution in [3.63, 3.8) is 0 Å². The van der Waals surface area contributed by atoms with Crippen LogP contribution in [0.25, 0.3) is 0 Å². The Morgan fingerprint density at radius 3 is 2.89 bits per heavy atom. The van der Waals surface area contributed by atoms with Gasteiger partial charge in [-0.3, -0.25) is 4.98 Å².